The van der Waals surface area contributed by atoms with Crippen LogP contribution in [0.15, 0.2) is 23.1 Å². The Kier molecular flexibility index (Phi) is 2.05. The van der Waals surface area contributed by atoms with Crippen LogP contribution in [0.5, 0.6) is 0 Å². The highest BCUT2D eigenvalue weighted by molar-refractivity contribution is 7.99. The van der Waals surface area contributed by atoms with Gasteiger partial charge in [0.25, 0.3) is 0 Å². The van der Waals surface area contributed by atoms with E-state index < -0.39 is 0 Å². The zero-order valence-electron chi connectivity index (χ0n) is 8.05. The first-order valence-corrected chi connectivity index (χ1v) is 6.15. The fourth-order valence-electron chi connectivity index (χ4n) is 1.67. The van der Waals surface area contributed by atoms with Crippen molar-refractivity contribution in [1.82, 2.24) is 0 Å². The number of fused-ring (bicyclic) bond motifs is 1. The first kappa shape index (κ1) is 8.48. The molecule has 1 saturated carbocycles. The molecule has 3 rings (SSSR count). The molecule has 3 heteroatoms. The zero-order chi connectivity index (χ0) is 9.38. The summed E-state index contributed by atoms with van der Waals surface area (Å²) in [5, 5.41) is 6.83. The van der Waals surface area contributed by atoms with Gasteiger partial charge in [0, 0.05) is 24.2 Å². The quantitative estimate of drug-likeness (QED) is 0.797. The maximum atomic E-state index is 3.50. The Balaban J connectivity index is 0.000000853. The minimum Gasteiger partial charge on any atom is -0.385 e. The smallest absolute Gasteiger partial charge is 0.0658 e. The van der Waals surface area contributed by atoms with Gasteiger partial charge in [-0.15, -0.1) is 11.8 Å². The molecule has 0 unspecified atom stereocenters. The summed E-state index contributed by atoms with van der Waals surface area (Å²) >= 11 is 1.88. The number of benzene rings is 1. The highest BCUT2D eigenvalue weighted by Gasteiger charge is 2.20. The summed E-state index contributed by atoms with van der Waals surface area (Å²) in [5.74, 6) is 1.95. The molecule has 1 aliphatic heterocycles. The minimum atomic E-state index is 0. The van der Waals surface area contributed by atoms with Gasteiger partial charge in [0.1, 0.15) is 0 Å². The van der Waals surface area contributed by atoms with Crippen molar-refractivity contribution >= 4 is 23.1 Å². The number of anilines is 2. The standard InChI is InChI=1S/C11H14N2S.H2/c1-2-8(1)6-12-9-3-4-10-11(5-9)14-7-13-10;/h3-5,8,12-13H,1-2,6-7H2;1H. The van der Waals surface area contributed by atoms with Crippen LogP contribution in [-0.2, 0) is 0 Å². The molecule has 76 valence electrons. The Hall–Kier alpha value is -0.830. The van der Waals surface area contributed by atoms with Crippen LogP contribution in [0, 0.1) is 5.92 Å². The number of hydrogen-bond acceptors (Lipinski definition) is 3. The Morgan fingerprint density at radius 1 is 1.50 bits per heavy atom. The van der Waals surface area contributed by atoms with E-state index in [1.54, 1.807) is 0 Å². The van der Waals surface area contributed by atoms with Crippen molar-refractivity contribution in [2.24, 2.45) is 5.92 Å². The fraction of sp³-hybridized carbons (Fsp3) is 0.455. The summed E-state index contributed by atoms with van der Waals surface area (Å²) in [4.78, 5) is 1.38. The van der Waals surface area contributed by atoms with Gasteiger partial charge in [-0.3, -0.25) is 0 Å². The van der Waals surface area contributed by atoms with E-state index in [9.17, 15) is 0 Å². The largest absolute Gasteiger partial charge is 0.385 e. The molecule has 0 saturated heterocycles. The third-order valence-electron chi connectivity index (χ3n) is 2.76. The third-order valence-corrected chi connectivity index (χ3v) is 3.70. The van der Waals surface area contributed by atoms with E-state index >= 15 is 0 Å². The van der Waals surface area contributed by atoms with Crippen molar-refractivity contribution in [3.8, 4) is 0 Å². The molecule has 0 spiro atoms. The van der Waals surface area contributed by atoms with Crippen molar-refractivity contribution < 1.29 is 1.43 Å². The lowest BCUT2D eigenvalue weighted by Gasteiger charge is -2.06. The van der Waals surface area contributed by atoms with Crippen LogP contribution in [0.2, 0.25) is 0 Å². The molecule has 0 amide bonds. The van der Waals surface area contributed by atoms with Crippen LogP contribution in [0.1, 0.15) is 14.3 Å². The second-order valence-electron chi connectivity index (χ2n) is 4.00. The summed E-state index contributed by atoms with van der Waals surface area (Å²) < 4.78 is 0. The summed E-state index contributed by atoms with van der Waals surface area (Å²) in [7, 11) is 0. The summed E-state index contributed by atoms with van der Waals surface area (Å²) in [6.45, 7) is 1.15. The Morgan fingerprint density at radius 3 is 3.29 bits per heavy atom. The first-order chi connectivity index (χ1) is 6.92. The molecule has 2 N–H and O–H groups in total. The molecule has 0 bridgehead atoms. The molecular formula is C11H16N2S. The fourth-order valence-corrected chi connectivity index (χ4v) is 2.56. The average molecular weight is 208 g/mol. The molecule has 14 heavy (non-hydrogen) atoms. The third kappa shape index (κ3) is 1.69. The number of rotatable bonds is 3. The molecule has 1 fully saturated rings. The van der Waals surface area contributed by atoms with Crippen LogP contribution < -0.4 is 10.6 Å². The lowest BCUT2D eigenvalue weighted by atomic mass is 10.2. The number of hydrogen-bond donors (Lipinski definition) is 2. The Bertz CT molecular complexity index is 352. The van der Waals surface area contributed by atoms with Crippen LogP contribution in [0.3, 0.4) is 0 Å². The monoisotopic (exact) mass is 208 g/mol. The normalized spacial score (nSPS) is 18.9. The molecule has 1 aromatic carbocycles. The van der Waals surface area contributed by atoms with Gasteiger partial charge in [-0.2, -0.15) is 0 Å². The van der Waals surface area contributed by atoms with Gasteiger partial charge in [0.2, 0.25) is 0 Å². The lowest BCUT2D eigenvalue weighted by Crippen LogP contribution is -2.02. The van der Waals surface area contributed by atoms with Crippen molar-refractivity contribution in [2.75, 3.05) is 23.1 Å². The molecule has 2 nitrogen and oxygen atoms in total. The predicted molar refractivity (Wildman–Crippen MR) is 64.1 cm³/mol. The van der Waals surface area contributed by atoms with Gasteiger partial charge >= 0.3 is 0 Å². The van der Waals surface area contributed by atoms with Gasteiger partial charge in [-0.25, -0.2) is 0 Å². The molecule has 0 aromatic heterocycles. The molecule has 2 aliphatic rings. The highest BCUT2D eigenvalue weighted by Crippen LogP contribution is 2.36. The van der Waals surface area contributed by atoms with Crippen molar-refractivity contribution in [2.45, 2.75) is 17.7 Å². The second kappa shape index (κ2) is 3.39. The van der Waals surface area contributed by atoms with E-state index in [-0.39, 0.29) is 1.43 Å². The Labute approximate surface area is 90.0 Å². The average Bonchev–Trinajstić information content (AvgIpc) is 2.92. The van der Waals surface area contributed by atoms with Gasteiger partial charge in [0.15, 0.2) is 0 Å². The van der Waals surface area contributed by atoms with Crippen molar-refractivity contribution in [3.63, 3.8) is 0 Å². The second-order valence-corrected chi connectivity index (χ2v) is 5.02. The van der Waals surface area contributed by atoms with E-state index in [1.807, 2.05) is 11.8 Å². The topological polar surface area (TPSA) is 24.1 Å². The maximum Gasteiger partial charge on any atom is 0.0658 e. The van der Waals surface area contributed by atoms with Crippen LogP contribution in [0.4, 0.5) is 11.4 Å². The summed E-state index contributed by atoms with van der Waals surface area (Å²) in [6.07, 6.45) is 2.82. The number of thioether (sulfide) groups is 1. The highest BCUT2D eigenvalue weighted by atomic mass is 32.2. The van der Waals surface area contributed by atoms with Crippen LogP contribution in [-0.4, -0.2) is 12.4 Å². The summed E-state index contributed by atoms with van der Waals surface area (Å²) in [5.41, 5.74) is 2.55. The SMILES string of the molecule is [HH].c1cc2c(cc1NCC1CC1)SCN2. The molecular weight excluding hydrogens is 192 g/mol. The molecule has 0 radical (unpaired) electrons. The van der Waals surface area contributed by atoms with Crippen molar-refractivity contribution in [3.05, 3.63) is 18.2 Å². The zero-order valence-corrected chi connectivity index (χ0v) is 8.86. The van der Waals surface area contributed by atoms with E-state index in [4.69, 9.17) is 0 Å². The molecule has 1 aliphatic carbocycles. The summed E-state index contributed by atoms with van der Waals surface area (Å²) in [6, 6.07) is 6.59. The molecule has 1 aromatic rings. The predicted octanol–water partition coefficient (Wildman–Crippen LogP) is 3.23. The van der Waals surface area contributed by atoms with E-state index in [1.165, 1.54) is 29.1 Å². The molecule has 1 heterocycles. The number of nitrogens with one attached hydrogen (secondary N) is 2. The van der Waals surface area contributed by atoms with Gasteiger partial charge in [-0.1, -0.05) is 0 Å². The first-order valence-electron chi connectivity index (χ1n) is 5.16. The van der Waals surface area contributed by atoms with Gasteiger partial charge in [-0.05, 0) is 37.0 Å². The maximum absolute atomic E-state index is 3.50. The van der Waals surface area contributed by atoms with Crippen LogP contribution in [0.25, 0.3) is 0 Å². The minimum absolute atomic E-state index is 0. The van der Waals surface area contributed by atoms with Gasteiger partial charge in [0.05, 0.1) is 5.88 Å². The Morgan fingerprint density at radius 2 is 2.43 bits per heavy atom. The van der Waals surface area contributed by atoms with Crippen LogP contribution >= 0.6 is 11.8 Å². The van der Waals surface area contributed by atoms with E-state index in [0.29, 0.717) is 0 Å². The molecule has 0 atom stereocenters. The van der Waals surface area contributed by atoms with Crippen molar-refractivity contribution in [1.29, 1.82) is 0 Å². The van der Waals surface area contributed by atoms with E-state index in [2.05, 4.69) is 28.8 Å². The van der Waals surface area contributed by atoms with Gasteiger partial charge < -0.3 is 10.6 Å². The van der Waals surface area contributed by atoms with E-state index in [0.717, 1.165) is 18.3 Å². The lowest BCUT2D eigenvalue weighted by molar-refractivity contribution is 0.889.